The fourth-order valence-corrected chi connectivity index (χ4v) is 1.83. The summed E-state index contributed by atoms with van der Waals surface area (Å²) in [5.74, 6) is 0.181. The Hall–Kier alpha value is -2.30. The molecule has 0 fully saturated rings. The molecule has 0 saturated heterocycles. The minimum Gasteiger partial charge on any atom is -0.479 e. The Labute approximate surface area is 112 Å². The number of methoxy groups -OCH3 is 1. The minimum atomic E-state index is -0.166. The molecule has 0 saturated carbocycles. The second-order valence-electron chi connectivity index (χ2n) is 4.22. The van der Waals surface area contributed by atoms with Gasteiger partial charge in [-0.2, -0.15) is 0 Å². The van der Waals surface area contributed by atoms with Crippen LogP contribution in [0.3, 0.4) is 0 Å². The number of carbonyl (C=O) groups is 1. The van der Waals surface area contributed by atoms with Crippen LogP contribution in [0.25, 0.3) is 0 Å². The monoisotopic (exact) mass is 259 g/mol. The predicted molar refractivity (Wildman–Crippen MR) is 72.2 cm³/mol. The lowest BCUT2D eigenvalue weighted by Gasteiger charge is -2.04. The molecule has 0 unspecified atom stereocenters. The van der Waals surface area contributed by atoms with Crippen molar-refractivity contribution in [2.45, 2.75) is 6.42 Å². The largest absolute Gasteiger partial charge is 0.479 e. The first-order chi connectivity index (χ1) is 9.20. The van der Waals surface area contributed by atoms with Crippen LogP contribution >= 0.6 is 0 Å². The van der Waals surface area contributed by atoms with E-state index in [4.69, 9.17) is 4.74 Å². The zero-order valence-electron chi connectivity index (χ0n) is 11.1. The third-order valence-electron chi connectivity index (χ3n) is 2.77. The summed E-state index contributed by atoms with van der Waals surface area (Å²) in [6, 6.07) is 10.0. The number of amides is 1. The molecular formula is C14H17N3O2. The molecule has 5 nitrogen and oxygen atoms in total. The van der Waals surface area contributed by atoms with Crippen molar-refractivity contribution in [3.05, 3.63) is 47.7 Å². The van der Waals surface area contributed by atoms with Gasteiger partial charge in [-0.1, -0.05) is 30.3 Å². The van der Waals surface area contributed by atoms with Crippen LogP contribution in [-0.4, -0.2) is 29.3 Å². The molecule has 2 rings (SSSR count). The molecule has 0 radical (unpaired) electrons. The highest BCUT2D eigenvalue weighted by Crippen LogP contribution is 2.14. The third-order valence-corrected chi connectivity index (χ3v) is 2.77. The van der Waals surface area contributed by atoms with Crippen molar-refractivity contribution in [3.63, 3.8) is 0 Å². The van der Waals surface area contributed by atoms with Gasteiger partial charge >= 0.3 is 0 Å². The number of ether oxygens (including phenoxy) is 1. The number of nitrogens with one attached hydrogen (secondary N) is 1. The molecule has 0 spiro atoms. The SMILES string of the molecule is COc1nn(C)cc1C(=O)NCCc1ccccc1. The van der Waals surface area contributed by atoms with E-state index in [-0.39, 0.29) is 5.91 Å². The number of hydrogen-bond acceptors (Lipinski definition) is 3. The van der Waals surface area contributed by atoms with Crippen molar-refractivity contribution in [1.82, 2.24) is 15.1 Å². The van der Waals surface area contributed by atoms with Crippen LogP contribution in [0.5, 0.6) is 5.88 Å². The average molecular weight is 259 g/mol. The van der Waals surface area contributed by atoms with Crippen molar-refractivity contribution in [1.29, 1.82) is 0 Å². The molecule has 1 amide bonds. The summed E-state index contributed by atoms with van der Waals surface area (Å²) >= 11 is 0. The quantitative estimate of drug-likeness (QED) is 0.883. The van der Waals surface area contributed by atoms with Crippen molar-refractivity contribution in [2.24, 2.45) is 7.05 Å². The highest BCUT2D eigenvalue weighted by molar-refractivity contribution is 5.96. The summed E-state index contributed by atoms with van der Waals surface area (Å²) < 4.78 is 6.62. The Morgan fingerprint density at radius 1 is 1.37 bits per heavy atom. The summed E-state index contributed by atoms with van der Waals surface area (Å²) in [4.78, 5) is 12.0. The summed E-state index contributed by atoms with van der Waals surface area (Å²) in [7, 11) is 3.26. The zero-order chi connectivity index (χ0) is 13.7. The van der Waals surface area contributed by atoms with Crippen molar-refractivity contribution >= 4 is 5.91 Å². The molecule has 100 valence electrons. The van der Waals surface area contributed by atoms with E-state index < -0.39 is 0 Å². The summed E-state index contributed by atoms with van der Waals surface area (Å²) in [5.41, 5.74) is 1.65. The maximum Gasteiger partial charge on any atom is 0.258 e. The van der Waals surface area contributed by atoms with Gasteiger partial charge in [0.15, 0.2) is 0 Å². The fraction of sp³-hybridized carbons (Fsp3) is 0.286. The smallest absolute Gasteiger partial charge is 0.258 e. The van der Waals surface area contributed by atoms with E-state index in [2.05, 4.69) is 10.4 Å². The molecule has 0 atom stereocenters. The van der Waals surface area contributed by atoms with Gasteiger partial charge in [-0.3, -0.25) is 9.48 Å². The molecule has 0 aliphatic carbocycles. The van der Waals surface area contributed by atoms with Gasteiger partial charge in [0.05, 0.1) is 7.11 Å². The zero-order valence-corrected chi connectivity index (χ0v) is 11.1. The lowest BCUT2D eigenvalue weighted by atomic mass is 10.1. The highest BCUT2D eigenvalue weighted by Gasteiger charge is 2.15. The molecule has 1 heterocycles. The molecule has 2 aromatic rings. The van der Waals surface area contributed by atoms with Crippen LogP contribution < -0.4 is 10.1 Å². The average Bonchev–Trinajstić information content (AvgIpc) is 2.81. The first kappa shape index (κ1) is 13.1. The van der Waals surface area contributed by atoms with E-state index in [1.807, 2.05) is 30.3 Å². The van der Waals surface area contributed by atoms with E-state index in [1.54, 1.807) is 17.9 Å². The van der Waals surface area contributed by atoms with E-state index in [0.717, 1.165) is 6.42 Å². The number of nitrogens with zero attached hydrogens (tertiary/aromatic N) is 2. The first-order valence-corrected chi connectivity index (χ1v) is 6.10. The first-order valence-electron chi connectivity index (χ1n) is 6.10. The van der Waals surface area contributed by atoms with Gasteiger partial charge in [0.1, 0.15) is 5.56 Å². The molecule has 1 aromatic carbocycles. The van der Waals surface area contributed by atoms with Crippen LogP contribution in [0.2, 0.25) is 0 Å². The third kappa shape index (κ3) is 3.34. The van der Waals surface area contributed by atoms with Gasteiger partial charge in [0.25, 0.3) is 5.91 Å². The van der Waals surface area contributed by atoms with Crippen LogP contribution in [0, 0.1) is 0 Å². The van der Waals surface area contributed by atoms with Gasteiger partial charge in [0.2, 0.25) is 5.88 Å². The number of hydrogen-bond donors (Lipinski definition) is 1. The lowest BCUT2D eigenvalue weighted by Crippen LogP contribution is -2.25. The number of aryl methyl sites for hydroxylation is 1. The lowest BCUT2D eigenvalue weighted by molar-refractivity contribution is 0.0951. The molecule has 1 aromatic heterocycles. The van der Waals surface area contributed by atoms with E-state index in [0.29, 0.717) is 18.0 Å². The Balaban J connectivity index is 1.91. The molecule has 0 aliphatic rings. The highest BCUT2D eigenvalue weighted by atomic mass is 16.5. The topological polar surface area (TPSA) is 56.2 Å². The standard InChI is InChI=1S/C14H17N3O2/c1-17-10-12(14(16-17)19-2)13(18)15-9-8-11-6-4-3-5-7-11/h3-7,10H,8-9H2,1-2H3,(H,15,18). The van der Waals surface area contributed by atoms with Gasteiger partial charge in [0, 0.05) is 19.8 Å². The normalized spacial score (nSPS) is 10.2. The molecular weight excluding hydrogens is 242 g/mol. The Morgan fingerprint density at radius 3 is 2.79 bits per heavy atom. The minimum absolute atomic E-state index is 0.166. The molecule has 19 heavy (non-hydrogen) atoms. The Kier molecular flexibility index (Phi) is 4.18. The van der Waals surface area contributed by atoms with Crippen LogP contribution in [0.4, 0.5) is 0 Å². The van der Waals surface area contributed by atoms with Gasteiger partial charge in [-0.05, 0) is 12.0 Å². The summed E-state index contributed by atoms with van der Waals surface area (Å²) in [5, 5.41) is 6.91. The number of benzene rings is 1. The molecule has 5 heteroatoms. The van der Waals surface area contributed by atoms with E-state index >= 15 is 0 Å². The van der Waals surface area contributed by atoms with E-state index in [9.17, 15) is 4.79 Å². The number of rotatable bonds is 5. The van der Waals surface area contributed by atoms with Gasteiger partial charge < -0.3 is 10.1 Å². The molecule has 0 aliphatic heterocycles. The van der Waals surface area contributed by atoms with Crippen LogP contribution in [-0.2, 0) is 13.5 Å². The Morgan fingerprint density at radius 2 is 2.11 bits per heavy atom. The van der Waals surface area contributed by atoms with E-state index in [1.165, 1.54) is 12.7 Å². The van der Waals surface area contributed by atoms with Crippen LogP contribution in [0.15, 0.2) is 36.5 Å². The second-order valence-corrected chi connectivity index (χ2v) is 4.22. The van der Waals surface area contributed by atoms with Gasteiger partial charge in [-0.25, -0.2) is 0 Å². The van der Waals surface area contributed by atoms with Crippen molar-refractivity contribution < 1.29 is 9.53 Å². The molecule has 0 bridgehead atoms. The summed E-state index contributed by atoms with van der Waals surface area (Å²) in [6.07, 6.45) is 2.45. The van der Waals surface area contributed by atoms with Gasteiger partial charge in [-0.15, -0.1) is 5.10 Å². The van der Waals surface area contributed by atoms with Crippen LogP contribution in [0.1, 0.15) is 15.9 Å². The summed E-state index contributed by atoms with van der Waals surface area (Å²) in [6.45, 7) is 0.584. The number of carbonyl (C=O) groups excluding carboxylic acids is 1. The Bertz CT molecular complexity index is 549. The maximum absolute atomic E-state index is 12.0. The second kappa shape index (κ2) is 6.04. The van der Waals surface area contributed by atoms with Crippen molar-refractivity contribution in [2.75, 3.05) is 13.7 Å². The maximum atomic E-state index is 12.0. The number of aromatic nitrogens is 2. The molecule has 1 N–H and O–H groups in total. The predicted octanol–water partition coefficient (Wildman–Crippen LogP) is 1.40. The van der Waals surface area contributed by atoms with Crippen molar-refractivity contribution in [3.8, 4) is 5.88 Å². The fourth-order valence-electron chi connectivity index (χ4n) is 1.83.